The molecule has 0 heterocycles. The van der Waals surface area contributed by atoms with Gasteiger partial charge in [0, 0.05) is 16.3 Å². The third-order valence-electron chi connectivity index (χ3n) is 6.78. The average molecular weight is 420 g/mol. The van der Waals surface area contributed by atoms with Crippen LogP contribution in [0.25, 0.3) is 43.8 Å². The van der Waals surface area contributed by atoms with E-state index in [0.29, 0.717) is 0 Å². The normalized spacial score (nSPS) is 11.6. The molecule has 6 aromatic rings. The summed E-state index contributed by atoms with van der Waals surface area (Å²) in [6, 6.07) is 46.0. The number of hydrogen-bond donors (Lipinski definition) is 0. The molecular formula is C32H21N. The van der Waals surface area contributed by atoms with Crippen molar-refractivity contribution in [3.8, 4) is 22.3 Å². The summed E-state index contributed by atoms with van der Waals surface area (Å²) in [7, 11) is 0. The van der Waals surface area contributed by atoms with E-state index in [2.05, 4.69) is 132 Å². The van der Waals surface area contributed by atoms with Crippen LogP contribution in [0.2, 0.25) is 0 Å². The Morgan fingerprint density at radius 3 is 1.45 bits per heavy atom. The van der Waals surface area contributed by atoms with E-state index in [1.165, 1.54) is 60.9 Å². The number of anilines is 3. The van der Waals surface area contributed by atoms with E-state index in [-0.39, 0.29) is 0 Å². The second-order valence-electron chi connectivity index (χ2n) is 8.58. The van der Waals surface area contributed by atoms with Crippen LogP contribution in [0.3, 0.4) is 0 Å². The van der Waals surface area contributed by atoms with Crippen LogP contribution in [-0.2, 0) is 0 Å². The third kappa shape index (κ3) is 2.66. The van der Waals surface area contributed by atoms with E-state index in [1.807, 2.05) is 0 Å². The fourth-order valence-corrected chi connectivity index (χ4v) is 5.30. The fourth-order valence-electron chi connectivity index (χ4n) is 5.30. The molecule has 0 radical (unpaired) electrons. The van der Waals surface area contributed by atoms with E-state index in [4.69, 9.17) is 0 Å². The summed E-state index contributed by atoms with van der Waals surface area (Å²) < 4.78 is 0. The van der Waals surface area contributed by atoms with E-state index in [0.717, 1.165) is 0 Å². The van der Waals surface area contributed by atoms with Crippen LogP contribution in [0.1, 0.15) is 0 Å². The first-order valence-electron chi connectivity index (χ1n) is 11.4. The van der Waals surface area contributed by atoms with Crippen molar-refractivity contribution < 1.29 is 0 Å². The first-order chi connectivity index (χ1) is 16.4. The van der Waals surface area contributed by atoms with Crippen molar-refractivity contribution in [1.82, 2.24) is 0 Å². The van der Waals surface area contributed by atoms with Gasteiger partial charge < -0.3 is 4.90 Å². The highest BCUT2D eigenvalue weighted by Crippen LogP contribution is 2.55. The van der Waals surface area contributed by atoms with Crippen LogP contribution in [-0.4, -0.2) is 0 Å². The van der Waals surface area contributed by atoms with Crippen LogP contribution in [0.15, 0.2) is 127 Å². The monoisotopic (exact) mass is 419 g/mol. The molecule has 0 amide bonds. The molecule has 1 aliphatic rings. The number of fused-ring (bicyclic) bond motifs is 6. The highest BCUT2D eigenvalue weighted by atomic mass is 15.1. The van der Waals surface area contributed by atoms with Crippen molar-refractivity contribution in [1.29, 1.82) is 0 Å². The highest BCUT2D eigenvalue weighted by Gasteiger charge is 2.29. The van der Waals surface area contributed by atoms with Crippen molar-refractivity contribution in [3.63, 3.8) is 0 Å². The van der Waals surface area contributed by atoms with Gasteiger partial charge in [0.2, 0.25) is 0 Å². The van der Waals surface area contributed by atoms with Gasteiger partial charge in [0.05, 0.1) is 17.1 Å². The minimum atomic E-state index is 1.20. The Kier molecular flexibility index (Phi) is 3.91. The van der Waals surface area contributed by atoms with Crippen molar-refractivity contribution in [2.75, 3.05) is 4.90 Å². The lowest BCUT2D eigenvalue weighted by Gasteiger charge is -2.34. The van der Waals surface area contributed by atoms with Crippen LogP contribution < -0.4 is 4.90 Å². The van der Waals surface area contributed by atoms with Crippen LogP contribution in [0, 0.1) is 0 Å². The van der Waals surface area contributed by atoms with Gasteiger partial charge in [-0.1, -0.05) is 109 Å². The lowest BCUT2D eigenvalue weighted by molar-refractivity contribution is 1.30. The molecule has 1 nitrogen and oxygen atoms in total. The Balaban J connectivity index is 1.58. The molecule has 0 unspecified atom stereocenters. The maximum atomic E-state index is 2.46. The van der Waals surface area contributed by atoms with Crippen molar-refractivity contribution in [2.24, 2.45) is 0 Å². The molecule has 1 aliphatic carbocycles. The van der Waals surface area contributed by atoms with Crippen LogP contribution in [0.5, 0.6) is 0 Å². The Hall–Kier alpha value is -4.36. The first kappa shape index (κ1) is 18.2. The van der Waals surface area contributed by atoms with E-state index < -0.39 is 0 Å². The first-order valence-corrected chi connectivity index (χ1v) is 11.4. The average Bonchev–Trinajstić information content (AvgIpc) is 2.87. The summed E-state index contributed by atoms with van der Waals surface area (Å²) in [5.41, 5.74) is 8.93. The summed E-state index contributed by atoms with van der Waals surface area (Å²) in [4.78, 5) is 2.46. The molecule has 1 heteroatoms. The zero-order valence-corrected chi connectivity index (χ0v) is 18.1. The van der Waals surface area contributed by atoms with Gasteiger partial charge in [0.1, 0.15) is 0 Å². The topological polar surface area (TPSA) is 3.24 Å². The molecule has 0 spiro atoms. The third-order valence-corrected chi connectivity index (χ3v) is 6.78. The van der Waals surface area contributed by atoms with Crippen molar-refractivity contribution in [2.45, 2.75) is 0 Å². The minimum absolute atomic E-state index is 1.20. The Morgan fingerprint density at radius 2 is 0.788 bits per heavy atom. The van der Waals surface area contributed by atoms with Crippen molar-refractivity contribution >= 4 is 38.6 Å². The summed E-state index contributed by atoms with van der Waals surface area (Å²) in [6.07, 6.45) is 0. The van der Waals surface area contributed by atoms with Gasteiger partial charge in [-0.15, -0.1) is 0 Å². The molecule has 33 heavy (non-hydrogen) atoms. The zero-order chi connectivity index (χ0) is 21.8. The zero-order valence-electron chi connectivity index (χ0n) is 18.1. The van der Waals surface area contributed by atoms with Gasteiger partial charge in [0.25, 0.3) is 0 Å². The van der Waals surface area contributed by atoms with E-state index in [9.17, 15) is 0 Å². The van der Waals surface area contributed by atoms with Crippen LogP contribution >= 0.6 is 0 Å². The SMILES string of the molecule is c1ccc2c(c1)-c1cccc(N(c3cccc4ccccc34)c3cccc4ccccc34)c1-2. The molecular weight excluding hydrogens is 398 g/mol. The minimum Gasteiger partial charge on any atom is -0.309 e. The predicted molar refractivity (Wildman–Crippen MR) is 141 cm³/mol. The maximum Gasteiger partial charge on any atom is 0.0547 e. The molecule has 0 aliphatic heterocycles. The molecule has 0 N–H and O–H groups in total. The van der Waals surface area contributed by atoms with Gasteiger partial charge in [0.15, 0.2) is 0 Å². The Bertz CT molecular complexity index is 1590. The summed E-state index contributed by atoms with van der Waals surface area (Å²) in [6.45, 7) is 0. The molecule has 0 aromatic heterocycles. The second-order valence-corrected chi connectivity index (χ2v) is 8.58. The Labute approximate surface area is 193 Å². The maximum absolute atomic E-state index is 2.46. The molecule has 0 bridgehead atoms. The predicted octanol–water partition coefficient (Wildman–Crippen LogP) is 9.11. The molecule has 6 aromatic carbocycles. The molecule has 0 saturated heterocycles. The largest absolute Gasteiger partial charge is 0.309 e. The molecule has 7 rings (SSSR count). The second kappa shape index (κ2) is 7.08. The van der Waals surface area contributed by atoms with Gasteiger partial charge in [-0.2, -0.15) is 0 Å². The van der Waals surface area contributed by atoms with Gasteiger partial charge >= 0.3 is 0 Å². The molecule has 0 fully saturated rings. The lowest BCUT2D eigenvalue weighted by atomic mass is 9.79. The highest BCUT2D eigenvalue weighted by molar-refractivity contribution is 6.13. The van der Waals surface area contributed by atoms with Gasteiger partial charge in [-0.05, 0) is 45.7 Å². The Morgan fingerprint density at radius 1 is 0.333 bits per heavy atom. The lowest BCUT2D eigenvalue weighted by Crippen LogP contribution is -2.14. The molecule has 154 valence electrons. The number of benzene rings is 6. The number of nitrogens with zero attached hydrogens (tertiary/aromatic N) is 1. The fraction of sp³-hybridized carbons (Fsp3) is 0. The smallest absolute Gasteiger partial charge is 0.0547 e. The summed E-state index contributed by atoms with van der Waals surface area (Å²) in [5, 5.41) is 4.99. The number of rotatable bonds is 3. The summed E-state index contributed by atoms with van der Waals surface area (Å²) >= 11 is 0. The molecule has 0 saturated carbocycles. The quantitative estimate of drug-likeness (QED) is 0.276. The van der Waals surface area contributed by atoms with Crippen LogP contribution in [0.4, 0.5) is 17.1 Å². The number of hydrogen-bond acceptors (Lipinski definition) is 1. The van der Waals surface area contributed by atoms with E-state index in [1.54, 1.807) is 0 Å². The van der Waals surface area contributed by atoms with Gasteiger partial charge in [-0.3, -0.25) is 0 Å². The standard InChI is InChI=1S/C32H21N/c1-3-14-24-22(10-1)12-7-19-29(24)33(30-20-8-13-23-11-2-4-15-25(23)30)31-21-9-18-28-26-16-5-6-17-27(26)32(28)31/h1-21H. The van der Waals surface area contributed by atoms with Gasteiger partial charge in [-0.25, -0.2) is 0 Å². The van der Waals surface area contributed by atoms with Crippen molar-refractivity contribution in [3.05, 3.63) is 127 Å². The van der Waals surface area contributed by atoms with E-state index >= 15 is 0 Å². The molecule has 0 atom stereocenters. The summed E-state index contributed by atoms with van der Waals surface area (Å²) in [5.74, 6) is 0.